The molecule has 0 aromatic heterocycles. The van der Waals surface area contributed by atoms with E-state index in [1.54, 1.807) is 12.1 Å². The van der Waals surface area contributed by atoms with Gasteiger partial charge in [-0.15, -0.1) is 4.48 Å². The van der Waals surface area contributed by atoms with E-state index in [-0.39, 0.29) is 9.42 Å². The predicted molar refractivity (Wildman–Crippen MR) is 47.2 cm³/mol. The van der Waals surface area contributed by atoms with E-state index in [9.17, 15) is 12.9 Å². The van der Waals surface area contributed by atoms with E-state index in [4.69, 9.17) is 0 Å². The number of hydrogen-bond donors (Lipinski definition) is 0. The van der Waals surface area contributed by atoms with Crippen LogP contribution in [0.4, 0.5) is 4.48 Å². The molecule has 0 aliphatic heterocycles. The van der Waals surface area contributed by atoms with E-state index in [2.05, 4.69) is 0 Å². The molecule has 72 valence electrons. The van der Waals surface area contributed by atoms with Crippen LogP contribution in [0.1, 0.15) is 5.56 Å². The minimum absolute atomic E-state index is 0.0388. The molecule has 0 bridgehead atoms. The van der Waals surface area contributed by atoms with Crippen molar-refractivity contribution in [2.75, 3.05) is 7.05 Å². The molecule has 1 aromatic carbocycles. The van der Waals surface area contributed by atoms with E-state index in [1.165, 1.54) is 12.1 Å². The second kappa shape index (κ2) is 3.43. The molecule has 0 atom stereocenters. The van der Waals surface area contributed by atoms with Gasteiger partial charge in [0, 0.05) is 7.05 Å². The van der Waals surface area contributed by atoms with E-state index in [0.717, 1.165) is 12.6 Å². The zero-order valence-electron chi connectivity index (χ0n) is 7.36. The van der Waals surface area contributed by atoms with Crippen molar-refractivity contribution in [2.45, 2.75) is 11.8 Å². The molecule has 0 N–H and O–H groups in total. The Labute approximate surface area is 76.8 Å². The van der Waals surface area contributed by atoms with Crippen LogP contribution in [-0.2, 0) is 10.0 Å². The first-order chi connectivity index (χ1) is 5.94. The molecule has 0 aliphatic rings. The minimum Gasteiger partial charge on any atom is -0.205 e. The number of sulfonamides is 1. The molecule has 0 radical (unpaired) electrons. The maximum absolute atomic E-state index is 12.5. The Hall–Kier alpha value is -0.940. The topological polar surface area (TPSA) is 37.4 Å². The smallest absolute Gasteiger partial charge is 0.205 e. The summed E-state index contributed by atoms with van der Waals surface area (Å²) in [6.45, 7) is 1.83. The molecule has 0 aliphatic carbocycles. The first-order valence-electron chi connectivity index (χ1n) is 3.66. The van der Waals surface area contributed by atoms with Crippen molar-refractivity contribution in [1.29, 1.82) is 0 Å². The summed E-state index contributed by atoms with van der Waals surface area (Å²) in [7, 11) is -3.07. The second-order valence-electron chi connectivity index (χ2n) is 2.71. The van der Waals surface area contributed by atoms with Crippen LogP contribution in [0.25, 0.3) is 0 Å². The van der Waals surface area contributed by atoms with Crippen molar-refractivity contribution in [3.05, 3.63) is 29.8 Å². The fraction of sp³-hybridized carbons (Fsp3) is 0.250. The van der Waals surface area contributed by atoms with Crippen LogP contribution < -0.4 is 0 Å². The van der Waals surface area contributed by atoms with Gasteiger partial charge in [0.25, 0.3) is 10.0 Å². The molecule has 1 rings (SSSR count). The number of nitrogens with zero attached hydrogens (tertiary/aromatic N) is 1. The zero-order chi connectivity index (χ0) is 10.1. The van der Waals surface area contributed by atoms with Crippen molar-refractivity contribution in [2.24, 2.45) is 0 Å². The summed E-state index contributed by atoms with van der Waals surface area (Å²) in [5.74, 6) is 0. The highest BCUT2D eigenvalue weighted by molar-refractivity contribution is 7.89. The van der Waals surface area contributed by atoms with Gasteiger partial charge in [-0.05, 0) is 23.6 Å². The van der Waals surface area contributed by atoms with Crippen molar-refractivity contribution in [1.82, 2.24) is 4.53 Å². The first-order valence-corrected chi connectivity index (χ1v) is 5.10. The quantitative estimate of drug-likeness (QED) is 0.683. The van der Waals surface area contributed by atoms with Gasteiger partial charge in [-0.3, -0.25) is 0 Å². The highest BCUT2D eigenvalue weighted by Crippen LogP contribution is 2.14. The molecule has 13 heavy (non-hydrogen) atoms. The third-order valence-electron chi connectivity index (χ3n) is 1.65. The molecule has 0 saturated carbocycles. The Morgan fingerprint density at radius 1 is 1.23 bits per heavy atom. The summed E-state index contributed by atoms with van der Waals surface area (Å²) < 4.78 is 34.6. The van der Waals surface area contributed by atoms with Gasteiger partial charge in [-0.25, -0.2) is 8.42 Å². The largest absolute Gasteiger partial charge is 0.268 e. The molecule has 1 aromatic rings. The SMILES string of the molecule is Cc1ccc(S(=O)(=O)N(C)F)cc1. The number of rotatable bonds is 2. The van der Waals surface area contributed by atoms with Gasteiger partial charge in [0.05, 0.1) is 4.90 Å². The molecule has 0 fully saturated rings. The van der Waals surface area contributed by atoms with Crippen molar-refractivity contribution in [3.63, 3.8) is 0 Å². The van der Waals surface area contributed by atoms with Gasteiger partial charge >= 0.3 is 0 Å². The average molecular weight is 203 g/mol. The normalized spacial score (nSPS) is 12.0. The van der Waals surface area contributed by atoms with Crippen LogP contribution in [0.15, 0.2) is 29.2 Å². The van der Waals surface area contributed by atoms with Crippen LogP contribution in [-0.4, -0.2) is 20.0 Å². The molecular formula is C8H10FNO2S. The number of halogens is 1. The Morgan fingerprint density at radius 2 is 1.69 bits per heavy atom. The van der Waals surface area contributed by atoms with E-state index in [0.29, 0.717) is 0 Å². The molecule has 0 saturated heterocycles. The fourth-order valence-corrected chi connectivity index (χ4v) is 1.63. The number of hydrogen-bond acceptors (Lipinski definition) is 2. The minimum atomic E-state index is -3.93. The fourth-order valence-electron chi connectivity index (χ4n) is 0.855. The Balaban J connectivity index is 3.17. The lowest BCUT2D eigenvalue weighted by atomic mass is 10.2. The van der Waals surface area contributed by atoms with Crippen LogP contribution >= 0.6 is 0 Å². The molecule has 3 nitrogen and oxygen atoms in total. The monoisotopic (exact) mass is 203 g/mol. The van der Waals surface area contributed by atoms with Crippen molar-refractivity contribution >= 4 is 10.0 Å². The second-order valence-corrected chi connectivity index (χ2v) is 4.63. The van der Waals surface area contributed by atoms with Crippen LogP contribution in [0.3, 0.4) is 0 Å². The summed E-state index contributed by atoms with van der Waals surface area (Å²) in [6.07, 6.45) is 0. The van der Waals surface area contributed by atoms with Gasteiger partial charge in [-0.1, -0.05) is 17.7 Å². The van der Waals surface area contributed by atoms with Gasteiger partial charge in [-0.2, -0.15) is 0 Å². The Morgan fingerprint density at radius 3 is 2.08 bits per heavy atom. The van der Waals surface area contributed by atoms with Gasteiger partial charge < -0.3 is 0 Å². The van der Waals surface area contributed by atoms with Crippen LogP contribution in [0.5, 0.6) is 0 Å². The lowest BCUT2D eigenvalue weighted by Gasteiger charge is -2.06. The Kier molecular flexibility index (Phi) is 2.68. The molecule has 0 spiro atoms. The van der Waals surface area contributed by atoms with E-state index < -0.39 is 10.0 Å². The van der Waals surface area contributed by atoms with Crippen molar-refractivity contribution < 1.29 is 12.9 Å². The molecule has 0 unspecified atom stereocenters. The maximum atomic E-state index is 12.5. The van der Waals surface area contributed by atoms with Gasteiger partial charge in [0.2, 0.25) is 0 Å². The average Bonchev–Trinajstić information content (AvgIpc) is 2.04. The summed E-state index contributed by atoms with van der Waals surface area (Å²) in [5, 5.41) is 0. The van der Waals surface area contributed by atoms with Crippen LogP contribution in [0.2, 0.25) is 0 Å². The molecule has 5 heteroatoms. The lowest BCUT2D eigenvalue weighted by Crippen LogP contribution is -2.18. The highest BCUT2D eigenvalue weighted by atomic mass is 32.2. The highest BCUT2D eigenvalue weighted by Gasteiger charge is 2.19. The number of aryl methyl sites for hydroxylation is 1. The number of benzene rings is 1. The summed E-state index contributed by atoms with van der Waals surface area (Å²) in [6, 6.07) is 5.99. The first kappa shape index (κ1) is 10.1. The van der Waals surface area contributed by atoms with Crippen molar-refractivity contribution in [3.8, 4) is 0 Å². The zero-order valence-corrected chi connectivity index (χ0v) is 8.18. The predicted octanol–water partition coefficient (Wildman–Crippen LogP) is 1.50. The Bertz CT molecular complexity index is 383. The van der Waals surface area contributed by atoms with Gasteiger partial charge in [0.1, 0.15) is 0 Å². The standard InChI is InChI=1S/C8H10FNO2S/c1-7-3-5-8(6-4-7)13(11,12)10(2)9/h3-6H,1-2H3. The third kappa shape index (κ3) is 2.05. The van der Waals surface area contributed by atoms with E-state index in [1.807, 2.05) is 6.92 Å². The molecule has 0 heterocycles. The van der Waals surface area contributed by atoms with Crippen LogP contribution in [0, 0.1) is 6.92 Å². The summed E-state index contributed by atoms with van der Waals surface area (Å²) in [5.41, 5.74) is 0.931. The summed E-state index contributed by atoms with van der Waals surface area (Å²) in [4.78, 5) is -0.0388. The van der Waals surface area contributed by atoms with Gasteiger partial charge in [0.15, 0.2) is 0 Å². The third-order valence-corrected chi connectivity index (χ3v) is 3.18. The maximum Gasteiger partial charge on any atom is 0.268 e. The lowest BCUT2D eigenvalue weighted by molar-refractivity contribution is 0.178. The molecule has 0 amide bonds. The molecular weight excluding hydrogens is 193 g/mol. The van der Waals surface area contributed by atoms with E-state index >= 15 is 0 Å². The summed E-state index contributed by atoms with van der Waals surface area (Å²) >= 11 is 0.